The van der Waals surface area contributed by atoms with Crippen LogP contribution in [0.15, 0.2) is 18.2 Å². The molecule has 1 aromatic rings. The van der Waals surface area contributed by atoms with Gasteiger partial charge in [-0.1, -0.05) is 0 Å². The molecular formula is C16H21F2N3O3. The van der Waals surface area contributed by atoms with E-state index in [9.17, 15) is 18.4 Å². The minimum Gasteiger partial charge on any atom is -0.450 e. The minimum absolute atomic E-state index is 0.0389. The molecule has 2 rings (SSSR count). The van der Waals surface area contributed by atoms with Crippen molar-refractivity contribution in [3.05, 3.63) is 29.8 Å². The minimum atomic E-state index is -0.745. The Morgan fingerprint density at radius 1 is 1.29 bits per heavy atom. The first-order chi connectivity index (χ1) is 11.5. The average Bonchev–Trinajstić information content (AvgIpc) is 2.55. The van der Waals surface area contributed by atoms with Crippen LogP contribution in [0.3, 0.4) is 0 Å². The molecule has 132 valence electrons. The van der Waals surface area contributed by atoms with Gasteiger partial charge in [0.2, 0.25) is 5.91 Å². The summed E-state index contributed by atoms with van der Waals surface area (Å²) in [7, 11) is 0. The number of rotatable bonds is 5. The number of nitrogens with one attached hydrogen (secondary N) is 2. The van der Waals surface area contributed by atoms with E-state index in [1.54, 1.807) is 11.8 Å². The zero-order valence-corrected chi connectivity index (χ0v) is 13.5. The maximum Gasteiger partial charge on any atom is 0.409 e. The summed E-state index contributed by atoms with van der Waals surface area (Å²) >= 11 is 0. The molecule has 1 fully saturated rings. The predicted molar refractivity (Wildman–Crippen MR) is 84.6 cm³/mol. The number of halogens is 2. The third-order valence-corrected chi connectivity index (χ3v) is 3.76. The molecule has 0 bridgehead atoms. The highest BCUT2D eigenvalue weighted by molar-refractivity contribution is 5.81. The van der Waals surface area contributed by atoms with Crippen molar-refractivity contribution in [2.24, 2.45) is 0 Å². The average molecular weight is 341 g/mol. The van der Waals surface area contributed by atoms with E-state index in [0.29, 0.717) is 32.5 Å². The molecule has 0 saturated carbocycles. The summed E-state index contributed by atoms with van der Waals surface area (Å²) in [5.74, 6) is -1.70. The molecule has 1 aliphatic rings. The largest absolute Gasteiger partial charge is 0.450 e. The van der Waals surface area contributed by atoms with Gasteiger partial charge in [-0.3, -0.25) is 4.79 Å². The van der Waals surface area contributed by atoms with Crippen molar-refractivity contribution in [3.8, 4) is 0 Å². The lowest BCUT2D eigenvalue weighted by Gasteiger charge is -2.31. The topological polar surface area (TPSA) is 70.7 Å². The van der Waals surface area contributed by atoms with E-state index in [2.05, 4.69) is 10.6 Å². The van der Waals surface area contributed by atoms with E-state index < -0.39 is 11.6 Å². The van der Waals surface area contributed by atoms with Gasteiger partial charge in [-0.05, 0) is 31.9 Å². The van der Waals surface area contributed by atoms with E-state index in [-0.39, 0.29) is 30.3 Å². The Bertz CT molecular complexity index is 590. The van der Waals surface area contributed by atoms with E-state index in [0.717, 1.165) is 12.1 Å². The van der Waals surface area contributed by atoms with Crippen LogP contribution < -0.4 is 10.6 Å². The van der Waals surface area contributed by atoms with E-state index >= 15 is 0 Å². The van der Waals surface area contributed by atoms with Crippen LogP contribution in [0.4, 0.5) is 19.3 Å². The molecule has 0 atom stereocenters. The number of nitrogens with zero attached hydrogens (tertiary/aromatic N) is 1. The number of amides is 2. The first-order valence-corrected chi connectivity index (χ1v) is 7.89. The number of likely N-dealkylation sites (tertiary alicyclic amines) is 1. The summed E-state index contributed by atoms with van der Waals surface area (Å²) in [4.78, 5) is 25.1. The number of carbonyl (C=O) groups is 2. The van der Waals surface area contributed by atoms with Crippen molar-refractivity contribution in [2.45, 2.75) is 25.8 Å². The van der Waals surface area contributed by atoms with E-state index in [1.165, 1.54) is 6.07 Å². The molecule has 1 aliphatic heterocycles. The van der Waals surface area contributed by atoms with Crippen LogP contribution in [0, 0.1) is 11.6 Å². The standard InChI is InChI=1S/C16H21F2N3O3/c1-2-24-16(23)21-7-5-12(6-8-21)20-15(22)10-19-14-4-3-11(17)9-13(14)18/h3-4,9,12,19H,2,5-8,10H2,1H3,(H,20,22). The predicted octanol–water partition coefficient (Wildman–Crippen LogP) is 2.11. The maximum absolute atomic E-state index is 13.5. The van der Waals surface area contributed by atoms with Gasteiger partial charge in [0, 0.05) is 25.2 Å². The Morgan fingerprint density at radius 3 is 2.62 bits per heavy atom. The monoisotopic (exact) mass is 341 g/mol. The Kier molecular flexibility index (Phi) is 6.34. The van der Waals surface area contributed by atoms with Crippen LogP contribution in [0.5, 0.6) is 0 Å². The second-order valence-electron chi connectivity index (χ2n) is 5.51. The maximum atomic E-state index is 13.5. The summed E-state index contributed by atoms with van der Waals surface area (Å²) < 4.78 is 31.2. The van der Waals surface area contributed by atoms with Crippen LogP contribution in [-0.4, -0.2) is 49.2 Å². The first-order valence-electron chi connectivity index (χ1n) is 7.89. The van der Waals surface area contributed by atoms with Crippen LogP contribution in [-0.2, 0) is 9.53 Å². The molecule has 6 nitrogen and oxygen atoms in total. The van der Waals surface area contributed by atoms with Gasteiger partial charge in [0.05, 0.1) is 18.8 Å². The lowest BCUT2D eigenvalue weighted by molar-refractivity contribution is -0.120. The molecule has 1 saturated heterocycles. The smallest absolute Gasteiger partial charge is 0.409 e. The highest BCUT2D eigenvalue weighted by Crippen LogP contribution is 2.15. The fourth-order valence-corrected chi connectivity index (χ4v) is 2.51. The van der Waals surface area contributed by atoms with Crippen molar-refractivity contribution in [1.29, 1.82) is 0 Å². The molecule has 0 spiro atoms. The summed E-state index contributed by atoms with van der Waals surface area (Å²) in [6.45, 7) is 3.01. The van der Waals surface area contributed by atoms with Crippen molar-refractivity contribution < 1.29 is 23.1 Å². The Balaban J connectivity index is 1.73. The number of hydrogen-bond donors (Lipinski definition) is 2. The number of ether oxygens (including phenoxy) is 1. The zero-order valence-electron chi connectivity index (χ0n) is 13.5. The number of anilines is 1. The molecule has 0 aliphatic carbocycles. The first kappa shape index (κ1) is 18.0. The fourth-order valence-electron chi connectivity index (χ4n) is 2.51. The second kappa shape index (κ2) is 8.47. The van der Waals surface area contributed by atoms with E-state index in [1.807, 2.05) is 0 Å². The van der Waals surface area contributed by atoms with Gasteiger partial charge >= 0.3 is 6.09 Å². The summed E-state index contributed by atoms with van der Waals surface area (Å²) in [6, 6.07) is 3.08. The lowest BCUT2D eigenvalue weighted by Crippen LogP contribution is -2.47. The molecule has 1 heterocycles. The van der Waals surface area contributed by atoms with Gasteiger partial charge in [0.1, 0.15) is 11.6 Å². The molecule has 2 N–H and O–H groups in total. The molecule has 0 radical (unpaired) electrons. The van der Waals surface area contributed by atoms with Crippen LogP contribution in [0.2, 0.25) is 0 Å². The molecule has 8 heteroatoms. The molecule has 0 unspecified atom stereocenters. The molecule has 24 heavy (non-hydrogen) atoms. The Hall–Kier alpha value is -2.38. The summed E-state index contributed by atoms with van der Waals surface area (Å²) in [5.41, 5.74) is 0.0729. The normalized spacial score (nSPS) is 15.0. The Labute approximate surface area is 139 Å². The fraction of sp³-hybridized carbons (Fsp3) is 0.500. The third kappa shape index (κ3) is 5.07. The summed E-state index contributed by atoms with van der Waals surface area (Å²) in [5, 5.41) is 5.47. The quantitative estimate of drug-likeness (QED) is 0.861. The number of piperidine rings is 1. The summed E-state index contributed by atoms with van der Waals surface area (Å²) in [6.07, 6.45) is 0.931. The molecule has 2 amide bonds. The number of carbonyl (C=O) groups excluding carboxylic acids is 2. The van der Waals surface area contributed by atoms with Gasteiger partial charge in [-0.2, -0.15) is 0 Å². The molecule has 1 aromatic carbocycles. The van der Waals surface area contributed by atoms with Gasteiger partial charge in [0.15, 0.2) is 0 Å². The van der Waals surface area contributed by atoms with Gasteiger partial charge in [0.25, 0.3) is 0 Å². The SMILES string of the molecule is CCOC(=O)N1CCC(NC(=O)CNc2ccc(F)cc2F)CC1. The number of benzene rings is 1. The molecular weight excluding hydrogens is 320 g/mol. The zero-order chi connectivity index (χ0) is 17.5. The van der Waals surface area contributed by atoms with Gasteiger partial charge in [-0.15, -0.1) is 0 Å². The highest BCUT2D eigenvalue weighted by atomic mass is 19.1. The molecule has 0 aromatic heterocycles. The third-order valence-electron chi connectivity index (χ3n) is 3.76. The van der Waals surface area contributed by atoms with Crippen molar-refractivity contribution >= 4 is 17.7 Å². The van der Waals surface area contributed by atoms with Crippen molar-refractivity contribution in [2.75, 3.05) is 31.6 Å². The highest BCUT2D eigenvalue weighted by Gasteiger charge is 2.24. The van der Waals surface area contributed by atoms with Crippen LogP contribution in [0.25, 0.3) is 0 Å². The number of hydrogen-bond acceptors (Lipinski definition) is 4. The lowest BCUT2D eigenvalue weighted by atomic mass is 10.1. The van der Waals surface area contributed by atoms with Gasteiger partial charge < -0.3 is 20.3 Å². The second-order valence-corrected chi connectivity index (χ2v) is 5.51. The van der Waals surface area contributed by atoms with Crippen LogP contribution >= 0.6 is 0 Å². The Morgan fingerprint density at radius 2 is 2.00 bits per heavy atom. The van der Waals surface area contributed by atoms with Crippen molar-refractivity contribution in [1.82, 2.24) is 10.2 Å². The van der Waals surface area contributed by atoms with E-state index in [4.69, 9.17) is 4.74 Å². The van der Waals surface area contributed by atoms with Gasteiger partial charge in [-0.25, -0.2) is 13.6 Å². The van der Waals surface area contributed by atoms with Crippen molar-refractivity contribution in [3.63, 3.8) is 0 Å². The van der Waals surface area contributed by atoms with Crippen LogP contribution in [0.1, 0.15) is 19.8 Å².